The third kappa shape index (κ3) is 3.63. The van der Waals surface area contributed by atoms with Crippen molar-refractivity contribution in [1.82, 2.24) is 14.9 Å². The summed E-state index contributed by atoms with van der Waals surface area (Å²) in [4.78, 5) is 31.8. The molecule has 1 aliphatic carbocycles. The van der Waals surface area contributed by atoms with Crippen LogP contribution in [0.4, 0.5) is 0 Å². The second-order valence-corrected chi connectivity index (χ2v) is 9.61. The van der Waals surface area contributed by atoms with E-state index in [0.717, 1.165) is 29.7 Å². The first-order valence-electron chi connectivity index (χ1n) is 9.61. The van der Waals surface area contributed by atoms with Crippen molar-refractivity contribution in [1.29, 1.82) is 0 Å². The van der Waals surface area contributed by atoms with Crippen LogP contribution in [0, 0.1) is 11.3 Å². The topological polar surface area (TPSA) is 77.1 Å². The van der Waals surface area contributed by atoms with Gasteiger partial charge in [-0.2, -0.15) is 0 Å². The molecule has 1 amide bonds. The van der Waals surface area contributed by atoms with Gasteiger partial charge in [-0.1, -0.05) is 20.8 Å². The Kier molecular flexibility index (Phi) is 4.87. The molecular formula is C21H25N3O3S. The fourth-order valence-corrected chi connectivity index (χ4v) is 5.12. The van der Waals surface area contributed by atoms with E-state index in [1.807, 2.05) is 0 Å². The van der Waals surface area contributed by atoms with Crippen molar-refractivity contribution in [3.05, 3.63) is 51.3 Å². The highest BCUT2D eigenvalue weighted by molar-refractivity contribution is 7.18. The van der Waals surface area contributed by atoms with Crippen LogP contribution in [0.2, 0.25) is 0 Å². The Morgan fingerprint density at radius 1 is 1.43 bits per heavy atom. The molecule has 3 aromatic rings. The highest BCUT2D eigenvalue weighted by Gasteiger charge is 2.31. The minimum atomic E-state index is -0.239. The molecule has 3 aromatic heterocycles. The van der Waals surface area contributed by atoms with Crippen LogP contribution in [-0.4, -0.2) is 15.5 Å². The van der Waals surface area contributed by atoms with Gasteiger partial charge in [0.1, 0.15) is 17.1 Å². The number of aromatic nitrogens is 2. The van der Waals surface area contributed by atoms with E-state index in [4.69, 9.17) is 4.42 Å². The van der Waals surface area contributed by atoms with E-state index < -0.39 is 0 Å². The molecule has 0 bridgehead atoms. The standard InChI is InChI=1S/C21H25N3O3S/c1-21(2,3)13-6-7-15-16(9-13)28-19-18(15)20(26)24(12-23-19)11-17(25)22-10-14-5-4-8-27-14/h4-5,8,12-13H,6-7,9-11H2,1-3H3,(H,22,25)/t13-/m1/s1. The van der Waals surface area contributed by atoms with E-state index in [1.165, 1.54) is 15.8 Å². The number of fused-ring (bicyclic) bond motifs is 3. The van der Waals surface area contributed by atoms with Crippen LogP contribution in [0.3, 0.4) is 0 Å². The van der Waals surface area contributed by atoms with Gasteiger partial charge in [-0.25, -0.2) is 4.98 Å². The van der Waals surface area contributed by atoms with Crippen molar-refractivity contribution in [3.63, 3.8) is 0 Å². The average molecular weight is 400 g/mol. The monoisotopic (exact) mass is 399 g/mol. The first-order valence-corrected chi connectivity index (χ1v) is 10.4. The van der Waals surface area contributed by atoms with Gasteiger partial charge in [0.05, 0.1) is 24.5 Å². The highest BCUT2D eigenvalue weighted by atomic mass is 32.1. The molecule has 148 valence electrons. The summed E-state index contributed by atoms with van der Waals surface area (Å²) in [6.45, 7) is 7.10. The molecule has 6 nitrogen and oxygen atoms in total. The molecule has 4 rings (SSSR count). The van der Waals surface area contributed by atoms with Crippen LogP contribution < -0.4 is 10.9 Å². The minimum absolute atomic E-state index is 0.0439. The summed E-state index contributed by atoms with van der Waals surface area (Å²) in [5, 5.41) is 3.47. The van der Waals surface area contributed by atoms with Crippen LogP contribution in [0.15, 0.2) is 33.9 Å². The number of carbonyl (C=O) groups is 1. The Morgan fingerprint density at radius 2 is 2.25 bits per heavy atom. The van der Waals surface area contributed by atoms with E-state index >= 15 is 0 Å². The maximum absolute atomic E-state index is 13.0. The van der Waals surface area contributed by atoms with E-state index in [1.54, 1.807) is 29.7 Å². The lowest BCUT2D eigenvalue weighted by molar-refractivity contribution is -0.122. The quantitative estimate of drug-likeness (QED) is 0.728. The minimum Gasteiger partial charge on any atom is -0.467 e. The number of hydrogen-bond acceptors (Lipinski definition) is 5. The molecule has 0 saturated carbocycles. The van der Waals surface area contributed by atoms with Crippen LogP contribution in [0.25, 0.3) is 10.2 Å². The van der Waals surface area contributed by atoms with Gasteiger partial charge in [-0.3, -0.25) is 14.2 Å². The van der Waals surface area contributed by atoms with E-state index in [9.17, 15) is 9.59 Å². The maximum atomic E-state index is 13.0. The third-order valence-corrected chi connectivity index (χ3v) is 6.78. The number of furan rings is 1. The van der Waals surface area contributed by atoms with Crippen molar-refractivity contribution in [2.24, 2.45) is 11.3 Å². The molecule has 0 spiro atoms. The number of nitrogens with zero attached hydrogens (tertiary/aromatic N) is 2. The molecule has 0 aliphatic heterocycles. The molecular weight excluding hydrogens is 374 g/mol. The predicted octanol–water partition coefficient (Wildman–Crippen LogP) is 3.52. The fourth-order valence-electron chi connectivity index (χ4n) is 3.86. The second kappa shape index (κ2) is 7.20. The van der Waals surface area contributed by atoms with Gasteiger partial charge in [0.2, 0.25) is 5.91 Å². The normalized spacial score (nSPS) is 16.9. The third-order valence-electron chi connectivity index (χ3n) is 5.61. The lowest BCUT2D eigenvalue weighted by Crippen LogP contribution is -2.32. The molecule has 28 heavy (non-hydrogen) atoms. The summed E-state index contributed by atoms with van der Waals surface area (Å²) in [6.07, 6.45) is 6.04. The van der Waals surface area contributed by atoms with Gasteiger partial charge >= 0.3 is 0 Å². The van der Waals surface area contributed by atoms with Gasteiger partial charge < -0.3 is 9.73 Å². The van der Waals surface area contributed by atoms with Crippen molar-refractivity contribution in [2.45, 2.75) is 53.1 Å². The Bertz CT molecular complexity index is 1060. The van der Waals surface area contributed by atoms with E-state index in [2.05, 4.69) is 31.1 Å². The molecule has 0 radical (unpaired) electrons. The Balaban J connectivity index is 1.56. The summed E-state index contributed by atoms with van der Waals surface area (Å²) >= 11 is 1.63. The summed E-state index contributed by atoms with van der Waals surface area (Å²) < 4.78 is 6.61. The summed E-state index contributed by atoms with van der Waals surface area (Å²) in [5.41, 5.74) is 1.28. The molecule has 1 N–H and O–H groups in total. The zero-order chi connectivity index (χ0) is 19.9. The number of carbonyl (C=O) groups excluding carboxylic acids is 1. The van der Waals surface area contributed by atoms with Crippen LogP contribution >= 0.6 is 11.3 Å². The molecule has 0 fully saturated rings. The predicted molar refractivity (Wildman–Crippen MR) is 109 cm³/mol. The smallest absolute Gasteiger partial charge is 0.262 e. The Hall–Kier alpha value is -2.41. The first kappa shape index (κ1) is 18.9. The van der Waals surface area contributed by atoms with Crippen LogP contribution in [-0.2, 0) is 30.7 Å². The zero-order valence-corrected chi connectivity index (χ0v) is 17.3. The van der Waals surface area contributed by atoms with Gasteiger partial charge in [0.25, 0.3) is 5.56 Å². The first-order chi connectivity index (χ1) is 13.3. The average Bonchev–Trinajstić information content (AvgIpc) is 3.28. The number of amides is 1. The number of rotatable bonds is 4. The van der Waals surface area contributed by atoms with Gasteiger partial charge in [0, 0.05) is 4.88 Å². The molecule has 3 heterocycles. The maximum Gasteiger partial charge on any atom is 0.262 e. The second-order valence-electron chi connectivity index (χ2n) is 8.52. The number of hydrogen-bond donors (Lipinski definition) is 1. The zero-order valence-electron chi connectivity index (χ0n) is 16.4. The molecule has 0 unspecified atom stereocenters. The van der Waals surface area contributed by atoms with Gasteiger partial charge in [0.15, 0.2) is 0 Å². The summed E-state index contributed by atoms with van der Waals surface area (Å²) in [6, 6.07) is 3.57. The fraction of sp³-hybridized carbons (Fsp3) is 0.476. The van der Waals surface area contributed by atoms with Crippen molar-refractivity contribution >= 4 is 27.5 Å². The molecule has 1 aliphatic rings. The summed E-state index contributed by atoms with van der Waals surface area (Å²) in [7, 11) is 0. The van der Waals surface area contributed by atoms with Gasteiger partial charge in [-0.15, -0.1) is 11.3 Å². The largest absolute Gasteiger partial charge is 0.467 e. The number of aryl methyl sites for hydroxylation is 1. The van der Waals surface area contributed by atoms with Crippen molar-refractivity contribution < 1.29 is 9.21 Å². The molecule has 7 heteroatoms. The number of nitrogens with one attached hydrogen (secondary N) is 1. The molecule has 0 aromatic carbocycles. The highest BCUT2D eigenvalue weighted by Crippen LogP contribution is 2.41. The summed E-state index contributed by atoms with van der Waals surface area (Å²) in [5.74, 6) is 1.05. The Morgan fingerprint density at radius 3 is 2.96 bits per heavy atom. The lowest BCUT2D eigenvalue weighted by Gasteiger charge is -2.33. The molecule has 0 saturated heterocycles. The van der Waals surface area contributed by atoms with Crippen molar-refractivity contribution in [3.8, 4) is 0 Å². The molecule has 1 atom stereocenters. The van der Waals surface area contributed by atoms with E-state index in [0.29, 0.717) is 23.6 Å². The lowest BCUT2D eigenvalue weighted by atomic mass is 9.72. The number of thiophene rings is 1. The van der Waals surface area contributed by atoms with Crippen LogP contribution in [0.5, 0.6) is 0 Å². The Labute approximate surface area is 167 Å². The van der Waals surface area contributed by atoms with E-state index in [-0.39, 0.29) is 23.4 Å². The van der Waals surface area contributed by atoms with Gasteiger partial charge in [-0.05, 0) is 48.3 Å². The SMILES string of the molecule is CC(C)(C)[C@@H]1CCc2c(sc3ncn(CC(=O)NCc4ccco4)c(=O)c23)C1. The van der Waals surface area contributed by atoms with Crippen LogP contribution in [0.1, 0.15) is 43.4 Å². The van der Waals surface area contributed by atoms with Crippen molar-refractivity contribution in [2.75, 3.05) is 0 Å².